The van der Waals surface area contributed by atoms with Crippen LogP contribution in [0.4, 0.5) is 11.4 Å². The monoisotopic (exact) mass is 214 g/mol. The minimum atomic E-state index is 0.429. The standard InChI is InChI=1S/C14H18N2/c1-9-5-4-6-12-11(10(9)2)7-8-13(16-3)14(12)15/h4-8,10,16H,15H2,1-3H3. The van der Waals surface area contributed by atoms with E-state index in [1.165, 1.54) is 11.1 Å². The van der Waals surface area contributed by atoms with Crippen molar-refractivity contribution in [2.75, 3.05) is 18.1 Å². The number of hydrogen-bond donors (Lipinski definition) is 2. The van der Waals surface area contributed by atoms with Crippen molar-refractivity contribution < 1.29 is 0 Å². The van der Waals surface area contributed by atoms with Crippen LogP contribution in [0, 0.1) is 0 Å². The lowest BCUT2D eigenvalue weighted by atomic mass is 9.90. The normalized spacial score (nSPS) is 18.7. The average molecular weight is 214 g/mol. The number of benzene rings is 1. The molecule has 2 nitrogen and oxygen atoms in total. The fraction of sp³-hybridized carbons (Fsp3) is 0.286. The lowest BCUT2D eigenvalue weighted by molar-refractivity contribution is 0.895. The maximum atomic E-state index is 6.15. The molecule has 0 fully saturated rings. The highest BCUT2D eigenvalue weighted by molar-refractivity contribution is 5.81. The molecule has 1 aromatic carbocycles. The minimum absolute atomic E-state index is 0.429. The summed E-state index contributed by atoms with van der Waals surface area (Å²) in [4.78, 5) is 0. The van der Waals surface area contributed by atoms with Crippen LogP contribution in [0.3, 0.4) is 0 Å². The molecule has 0 aliphatic heterocycles. The maximum Gasteiger partial charge on any atom is 0.0626 e. The van der Waals surface area contributed by atoms with Gasteiger partial charge in [-0.05, 0) is 18.6 Å². The predicted molar refractivity (Wildman–Crippen MR) is 71.6 cm³/mol. The number of anilines is 2. The molecule has 84 valence electrons. The van der Waals surface area contributed by atoms with E-state index in [1.807, 2.05) is 7.05 Å². The van der Waals surface area contributed by atoms with E-state index in [0.29, 0.717) is 5.92 Å². The Morgan fingerprint density at radius 2 is 2.06 bits per heavy atom. The summed E-state index contributed by atoms with van der Waals surface area (Å²) >= 11 is 0. The fourth-order valence-corrected chi connectivity index (χ4v) is 2.12. The van der Waals surface area contributed by atoms with Crippen molar-refractivity contribution in [1.29, 1.82) is 0 Å². The van der Waals surface area contributed by atoms with Crippen molar-refractivity contribution >= 4 is 17.5 Å². The van der Waals surface area contributed by atoms with E-state index in [0.717, 1.165) is 16.9 Å². The van der Waals surface area contributed by atoms with E-state index in [9.17, 15) is 0 Å². The first-order valence-corrected chi connectivity index (χ1v) is 5.60. The Morgan fingerprint density at radius 1 is 1.31 bits per heavy atom. The van der Waals surface area contributed by atoms with Crippen LogP contribution in [0.1, 0.15) is 30.9 Å². The number of nitrogens with one attached hydrogen (secondary N) is 1. The lowest BCUT2D eigenvalue weighted by Crippen LogP contribution is -2.03. The molecule has 0 saturated heterocycles. The van der Waals surface area contributed by atoms with Crippen LogP contribution < -0.4 is 11.1 Å². The molecular weight excluding hydrogens is 196 g/mol. The summed E-state index contributed by atoms with van der Waals surface area (Å²) in [5.41, 5.74) is 11.8. The molecule has 1 unspecified atom stereocenters. The molecule has 1 atom stereocenters. The highest BCUT2D eigenvalue weighted by atomic mass is 14.8. The SMILES string of the molecule is CNc1ccc2c(c1N)C=CC=C(C)C2C. The molecular formula is C14H18N2. The van der Waals surface area contributed by atoms with Gasteiger partial charge < -0.3 is 11.1 Å². The number of nitrogens with two attached hydrogens (primary N) is 1. The second-order valence-electron chi connectivity index (χ2n) is 4.27. The van der Waals surface area contributed by atoms with Crippen molar-refractivity contribution in [3.63, 3.8) is 0 Å². The molecule has 0 bridgehead atoms. The first kappa shape index (κ1) is 10.8. The van der Waals surface area contributed by atoms with Gasteiger partial charge in [-0.25, -0.2) is 0 Å². The zero-order chi connectivity index (χ0) is 11.7. The number of nitrogen functional groups attached to an aromatic ring is 1. The van der Waals surface area contributed by atoms with E-state index in [4.69, 9.17) is 5.73 Å². The second kappa shape index (κ2) is 4.05. The summed E-state index contributed by atoms with van der Waals surface area (Å²) in [6, 6.07) is 4.21. The van der Waals surface area contributed by atoms with Gasteiger partial charge in [-0.2, -0.15) is 0 Å². The van der Waals surface area contributed by atoms with Gasteiger partial charge in [0.2, 0.25) is 0 Å². The van der Waals surface area contributed by atoms with Gasteiger partial charge in [0, 0.05) is 18.5 Å². The first-order chi connectivity index (χ1) is 7.65. The summed E-state index contributed by atoms with van der Waals surface area (Å²) in [5, 5.41) is 3.12. The summed E-state index contributed by atoms with van der Waals surface area (Å²) in [6.45, 7) is 4.38. The van der Waals surface area contributed by atoms with E-state index in [1.54, 1.807) is 0 Å². The Hall–Kier alpha value is -1.70. The highest BCUT2D eigenvalue weighted by Crippen LogP contribution is 2.36. The fourth-order valence-electron chi connectivity index (χ4n) is 2.12. The zero-order valence-electron chi connectivity index (χ0n) is 10.0. The Balaban J connectivity index is 2.62. The third-order valence-electron chi connectivity index (χ3n) is 3.36. The third-order valence-corrected chi connectivity index (χ3v) is 3.36. The largest absolute Gasteiger partial charge is 0.397 e. The van der Waals surface area contributed by atoms with E-state index in [2.05, 4.69) is 49.5 Å². The predicted octanol–water partition coefficient (Wildman–Crippen LogP) is 3.39. The lowest BCUT2D eigenvalue weighted by Gasteiger charge is -2.17. The Labute approximate surface area is 96.9 Å². The summed E-state index contributed by atoms with van der Waals surface area (Å²) in [6.07, 6.45) is 6.33. The van der Waals surface area contributed by atoms with Gasteiger partial charge in [0.05, 0.1) is 11.4 Å². The van der Waals surface area contributed by atoms with Crippen LogP contribution >= 0.6 is 0 Å². The van der Waals surface area contributed by atoms with Gasteiger partial charge in [-0.1, -0.05) is 36.8 Å². The van der Waals surface area contributed by atoms with Gasteiger partial charge in [0.25, 0.3) is 0 Å². The zero-order valence-corrected chi connectivity index (χ0v) is 10.0. The summed E-state index contributed by atoms with van der Waals surface area (Å²) in [5.74, 6) is 0.429. The van der Waals surface area contributed by atoms with E-state index in [-0.39, 0.29) is 0 Å². The summed E-state index contributed by atoms with van der Waals surface area (Å²) < 4.78 is 0. The van der Waals surface area contributed by atoms with Gasteiger partial charge in [0.1, 0.15) is 0 Å². The first-order valence-electron chi connectivity index (χ1n) is 5.60. The van der Waals surface area contributed by atoms with Crippen molar-refractivity contribution in [3.05, 3.63) is 41.0 Å². The van der Waals surface area contributed by atoms with Crippen molar-refractivity contribution in [2.24, 2.45) is 0 Å². The molecule has 1 aromatic rings. The summed E-state index contributed by atoms with van der Waals surface area (Å²) in [7, 11) is 1.89. The molecule has 0 amide bonds. The van der Waals surface area contributed by atoms with Crippen LogP contribution in [-0.4, -0.2) is 7.05 Å². The van der Waals surface area contributed by atoms with Crippen molar-refractivity contribution in [1.82, 2.24) is 0 Å². The Kier molecular flexibility index (Phi) is 2.73. The number of allylic oxidation sites excluding steroid dienone is 3. The highest BCUT2D eigenvalue weighted by Gasteiger charge is 2.16. The van der Waals surface area contributed by atoms with E-state index >= 15 is 0 Å². The van der Waals surface area contributed by atoms with Crippen LogP contribution in [0.25, 0.3) is 6.08 Å². The Morgan fingerprint density at radius 3 is 2.75 bits per heavy atom. The van der Waals surface area contributed by atoms with Crippen LogP contribution in [-0.2, 0) is 0 Å². The van der Waals surface area contributed by atoms with Crippen LogP contribution in [0.15, 0.2) is 29.9 Å². The molecule has 3 N–H and O–H groups in total. The molecule has 1 aliphatic rings. The molecule has 0 saturated carbocycles. The second-order valence-corrected chi connectivity index (χ2v) is 4.27. The third kappa shape index (κ3) is 1.60. The molecule has 2 rings (SSSR count). The number of hydrogen-bond acceptors (Lipinski definition) is 2. The van der Waals surface area contributed by atoms with Gasteiger partial charge >= 0.3 is 0 Å². The Bertz CT molecular complexity index is 470. The number of rotatable bonds is 1. The molecule has 1 aliphatic carbocycles. The molecule has 16 heavy (non-hydrogen) atoms. The number of fused-ring (bicyclic) bond motifs is 1. The van der Waals surface area contributed by atoms with Crippen molar-refractivity contribution in [3.8, 4) is 0 Å². The molecule has 0 spiro atoms. The maximum absolute atomic E-state index is 6.15. The van der Waals surface area contributed by atoms with Gasteiger partial charge in [-0.3, -0.25) is 0 Å². The topological polar surface area (TPSA) is 38.0 Å². The van der Waals surface area contributed by atoms with Crippen LogP contribution in [0.5, 0.6) is 0 Å². The molecule has 0 radical (unpaired) electrons. The average Bonchev–Trinajstić information content (AvgIpc) is 2.42. The quantitative estimate of drug-likeness (QED) is 0.703. The molecule has 0 aromatic heterocycles. The molecule has 2 heteroatoms. The smallest absolute Gasteiger partial charge is 0.0626 e. The van der Waals surface area contributed by atoms with Crippen LogP contribution in [0.2, 0.25) is 0 Å². The minimum Gasteiger partial charge on any atom is -0.397 e. The van der Waals surface area contributed by atoms with E-state index < -0.39 is 0 Å². The van der Waals surface area contributed by atoms with Gasteiger partial charge in [0.15, 0.2) is 0 Å². The molecule has 0 heterocycles. The van der Waals surface area contributed by atoms with Crippen molar-refractivity contribution in [2.45, 2.75) is 19.8 Å². The van der Waals surface area contributed by atoms with Gasteiger partial charge in [-0.15, -0.1) is 0 Å².